The molecule has 0 aliphatic heterocycles. The molecular formula is C29H36O3. The van der Waals surface area contributed by atoms with Gasteiger partial charge in [0.2, 0.25) is 5.78 Å². The topological polar surface area (TPSA) is 43.4 Å². The van der Waals surface area contributed by atoms with Crippen LogP contribution in [0.3, 0.4) is 0 Å². The summed E-state index contributed by atoms with van der Waals surface area (Å²) >= 11 is 0. The summed E-state index contributed by atoms with van der Waals surface area (Å²) in [6.07, 6.45) is 11.0. The van der Waals surface area contributed by atoms with Gasteiger partial charge >= 0.3 is 5.97 Å². The molecule has 0 spiro atoms. The van der Waals surface area contributed by atoms with Crippen LogP contribution in [0.1, 0.15) is 82.1 Å². The second-order valence-electron chi connectivity index (χ2n) is 11.4. The van der Waals surface area contributed by atoms with Crippen molar-refractivity contribution in [3.63, 3.8) is 0 Å². The number of ketones is 1. The van der Waals surface area contributed by atoms with E-state index in [4.69, 9.17) is 4.74 Å². The van der Waals surface area contributed by atoms with E-state index in [0.717, 1.165) is 31.2 Å². The predicted octanol–water partition coefficient (Wildman–Crippen LogP) is 6.47. The number of ether oxygens (including phenoxy) is 1. The molecule has 170 valence electrons. The summed E-state index contributed by atoms with van der Waals surface area (Å²) in [6.45, 7) is 9.11. The Kier molecular flexibility index (Phi) is 5.22. The number of hydrogen-bond acceptors (Lipinski definition) is 3. The Hall–Kier alpha value is -2.16. The zero-order valence-electron chi connectivity index (χ0n) is 19.9. The van der Waals surface area contributed by atoms with Crippen molar-refractivity contribution < 1.29 is 14.3 Å². The third-order valence-electron chi connectivity index (χ3n) is 9.28. The van der Waals surface area contributed by atoms with Gasteiger partial charge in [-0.05, 0) is 73.3 Å². The first-order valence-electron chi connectivity index (χ1n) is 12.5. The van der Waals surface area contributed by atoms with Crippen LogP contribution in [0.4, 0.5) is 0 Å². The summed E-state index contributed by atoms with van der Waals surface area (Å²) < 4.78 is 6.01. The monoisotopic (exact) mass is 432 g/mol. The molecule has 5 atom stereocenters. The van der Waals surface area contributed by atoms with Crippen LogP contribution in [0.5, 0.6) is 0 Å². The summed E-state index contributed by atoms with van der Waals surface area (Å²) in [7, 11) is 0. The number of Topliss-reactive ketones (excluding diaryl/α,β-unsaturated/α-hetero) is 1. The minimum atomic E-state index is -0.661. The van der Waals surface area contributed by atoms with Gasteiger partial charge in [0, 0.05) is 12.0 Å². The summed E-state index contributed by atoms with van der Waals surface area (Å²) in [5, 5.41) is 0. The highest BCUT2D eigenvalue weighted by Crippen LogP contribution is 2.62. The standard InChI is InChI=1S/C29H36O3/c1-18(2)19-10-12-23-21(16-19)11-13-25-28(23,3)14-7-15-29(25,4)27(31)32-24-17-20-8-5-6-9-22(20)26(24)30/h5-6,8-9,11,16,18,23-25H,7,10,12-15,17H2,1-4H3. The van der Waals surface area contributed by atoms with Crippen molar-refractivity contribution in [2.24, 2.45) is 28.6 Å². The summed E-state index contributed by atoms with van der Waals surface area (Å²) in [4.78, 5) is 26.5. The van der Waals surface area contributed by atoms with E-state index in [1.54, 1.807) is 5.57 Å². The molecule has 1 saturated carbocycles. The van der Waals surface area contributed by atoms with Gasteiger partial charge in [-0.15, -0.1) is 0 Å². The zero-order valence-corrected chi connectivity index (χ0v) is 19.9. The quantitative estimate of drug-likeness (QED) is 0.514. The lowest BCUT2D eigenvalue weighted by Gasteiger charge is -2.57. The molecule has 0 aromatic heterocycles. The Balaban J connectivity index is 1.40. The first-order chi connectivity index (χ1) is 15.2. The van der Waals surface area contributed by atoms with E-state index >= 15 is 0 Å². The average Bonchev–Trinajstić information content (AvgIpc) is 3.08. The molecule has 1 aromatic carbocycles. The molecule has 1 aromatic rings. The molecule has 3 nitrogen and oxygen atoms in total. The van der Waals surface area contributed by atoms with Crippen molar-refractivity contribution >= 4 is 11.8 Å². The molecule has 5 rings (SSSR count). The third kappa shape index (κ3) is 3.23. The van der Waals surface area contributed by atoms with Gasteiger partial charge in [0.15, 0.2) is 6.10 Å². The van der Waals surface area contributed by atoms with Crippen molar-refractivity contribution in [2.45, 2.75) is 78.7 Å². The maximum Gasteiger partial charge on any atom is 0.312 e. The van der Waals surface area contributed by atoms with Gasteiger partial charge in [0.1, 0.15) is 0 Å². The first-order valence-corrected chi connectivity index (χ1v) is 12.5. The van der Waals surface area contributed by atoms with Gasteiger partial charge in [0.25, 0.3) is 0 Å². The Morgan fingerprint density at radius 2 is 1.94 bits per heavy atom. The summed E-state index contributed by atoms with van der Waals surface area (Å²) in [6, 6.07) is 7.64. The number of carbonyl (C=O) groups excluding carboxylic acids is 2. The smallest absolute Gasteiger partial charge is 0.312 e. The maximum atomic E-state index is 13.7. The molecule has 0 radical (unpaired) electrons. The van der Waals surface area contributed by atoms with Crippen molar-refractivity contribution in [3.8, 4) is 0 Å². The summed E-state index contributed by atoms with van der Waals surface area (Å²) in [5.74, 6) is 1.18. The second kappa shape index (κ2) is 7.71. The number of hydrogen-bond donors (Lipinski definition) is 0. The fraction of sp³-hybridized carbons (Fsp3) is 0.586. The van der Waals surface area contributed by atoms with Crippen LogP contribution >= 0.6 is 0 Å². The molecule has 0 N–H and O–H groups in total. The zero-order chi connectivity index (χ0) is 22.7. The van der Waals surface area contributed by atoms with Crippen molar-refractivity contribution in [1.82, 2.24) is 0 Å². The minimum absolute atomic E-state index is 0.0411. The van der Waals surface area contributed by atoms with Crippen LogP contribution in [0.25, 0.3) is 0 Å². The number of carbonyl (C=O) groups is 2. The Labute approximate surface area is 192 Å². The number of allylic oxidation sites excluding steroid dienone is 4. The highest BCUT2D eigenvalue weighted by atomic mass is 16.5. The van der Waals surface area contributed by atoms with Gasteiger partial charge in [-0.2, -0.15) is 0 Å². The normalized spacial score (nSPS) is 36.0. The number of benzene rings is 1. The Bertz CT molecular complexity index is 1010. The van der Waals surface area contributed by atoms with Crippen LogP contribution in [-0.2, 0) is 16.0 Å². The van der Waals surface area contributed by atoms with Crippen molar-refractivity contribution in [3.05, 3.63) is 58.7 Å². The molecule has 0 bridgehead atoms. The molecule has 0 amide bonds. The molecule has 0 saturated heterocycles. The van der Waals surface area contributed by atoms with E-state index in [0.29, 0.717) is 23.8 Å². The fourth-order valence-corrected chi connectivity index (χ4v) is 7.35. The summed E-state index contributed by atoms with van der Waals surface area (Å²) in [5.41, 5.74) is 4.34. The van der Waals surface area contributed by atoms with Gasteiger partial charge in [0.05, 0.1) is 5.41 Å². The number of esters is 1. The fourth-order valence-electron chi connectivity index (χ4n) is 7.35. The van der Waals surface area contributed by atoms with E-state index in [1.807, 2.05) is 24.3 Å². The molecule has 5 unspecified atom stereocenters. The minimum Gasteiger partial charge on any atom is -0.453 e. The molecule has 0 heterocycles. The lowest BCUT2D eigenvalue weighted by molar-refractivity contribution is -0.172. The van der Waals surface area contributed by atoms with E-state index in [1.165, 1.54) is 18.4 Å². The van der Waals surface area contributed by atoms with Crippen LogP contribution in [-0.4, -0.2) is 17.9 Å². The lowest BCUT2D eigenvalue weighted by atomic mass is 9.47. The highest BCUT2D eigenvalue weighted by molar-refractivity contribution is 6.04. The molecular weight excluding hydrogens is 396 g/mol. The maximum absolute atomic E-state index is 13.7. The predicted molar refractivity (Wildman–Crippen MR) is 126 cm³/mol. The van der Waals surface area contributed by atoms with E-state index in [2.05, 4.69) is 39.8 Å². The largest absolute Gasteiger partial charge is 0.453 e. The van der Waals surface area contributed by atoms with E-state index < -0.39 is 11.5 Å². The van der Waals surface area contributed by atoms with Gasteiger partial charge in [-0.3, -0.25) is 9.59 Å². The van der Waals surface area contributed by atoms with E-state index in [9.17, 15) is 9.59 Å². The third-order valence-corrected chi connectivity index (χ3v) is 9.28. The van der Waals surface area contributed by atoms with Gasteiger partial charge < -0.3 is 4.74 Å². The molecule has 1 fully saturated rings. The lowest BCUT2D eigenvalue weighted by Crippen LogP contribution is -2.54. The first kappa shape index (κ1) is 21.7. The Morgan fingerprint density at radius 1 is 1.16 bits per heavy atom. The van der Waals surface area contributed by atoms with Crippen LogP contribution in [0.2, 0.25) is 0 Å². The van der Waals surface area contributed by atoms with Gasteiger partial charge in [-0.25, -0.2) is 0 Å². The number of fused-ring (bicyclic) bond motifs is 4. The molecule has 3 heteroatoms. The van der Waals surface area contributed by atoms with Crippen LogP contribution < -0.4 is 0 Å². The van der Waals surface area contributed by atoms with E-state index in [-0.39, 0.29) is 23.1 Å². The molecule has 4 aliphatic rings. The average molecular weight is 433 g/mol. The van der Waals surface area contributed by atoms with Gasteiger partial charge in [-0.1, -0.05) is 69.2 Å². The SMILES string of the molecule is CC(C)C1=CC2=CCC3C(C)(C(=O)OC4Cc5ccccc5C4=O)CCCC3(C)C2CC1. The molecule has 32 heavy (non-hydrogen) atoms. The van der Waals surface area contributed by atoms with Crippen molar-refractivity contribution in [2.75, 3.05) is 0 Å². The Morgan fingerprint density at radius 3 is 2.69 bits per heavy atom. The second-order valence-corrected chi connectivity index (χ2v) is 11.4. The van der Waals surface area contributed by atoms with Crippen molar-refractivity contribution in [1.29, 1.82) is 0 Å². The number of rotatable bonds is 3. The van der Waals surface area contributed by atoms with Crippen LogP contribution in [0.15, 0.2) is 47.6 Å². The van der Waals surface area contributed by atoms with Crippen LogP contribution in [0, 0.1) is 28.6 Å². The molecule has 4 aliphatic carbocycles. The highest BCUT2D eigenvalue weighted by Gasteiger charge is 2.58.